The van der Waals surface area contributed by atoms with Crippen LogP contribution in [0.25, 0.3) is 10.2 Å². The second kappa shape index (κ2) is 8.07. The fourth-order valence-electron chi connectivity index (χ4n) is 4.40. The summed E-state index contributed by atoms with van der Waals surface area (Å²) in [5, 5.41) is 0.776. The van der Waals surface area contributed by atoms with Crippen molar-refractivity contribution in [3.63, 3.8) is 0 Å². The molecule has 0 saturated heterocycles. The Kier molecular flexibility index (Phi) is 5.13. The zero-order chi connectivity index (χ0) is 20.5. The molecule has 0 spiro atoms. The highest BCUT2D eigenvalue weighted by atomic mass is 32.1. The summed E-state index contributed by atoms with van der Waals surface area (Å²) in [6.45, 7) is 0.887. The molecule has 5 rings (SSSR count). The summed E-state index contributed by atoms with van der Waals surface area (Å²) >= 11 is 1.65. The molecule has 0 saturated carbocycles. The molecule has 2 heterocycles. The molecule has 5 heteroatoms. The fourth-order valence-corrected chi connectivity index (χ4v) is 5.78. The topological polar surface area (TPSA) is 44.0 Å². The third kappa shape index (κ3) is 3.43. The monoisotopic (exact) mass is 416 g/mol. The Morgan fingerprint density at radius 3 is 2.20 bits per heavy atom. The lowest BCUT2D eigenvalue weighted by atomic mass is 9.97. The Morgan fingerprint density at radius 1 is 0.800 bits per heavy atom. The van der Waals surface area contributed by atoms with Gasteiger partial charge in [0.2, 0.25) is 0 Å². The van der Waals surface area contributed by atoms with Gasteiger partial charge in [0.25, 0.3) is 5.56 Å². The highest BCUT2D eigenvalue weighted by Crippen LogP contribution is 2.34. The summed E-state index contributed by atoms with van der Waals surface area (Å²) in [6, 6.07) is 20.1. The SMILES string of the molecule is O=c1c2c3c(sc2n(Cc2ccccc2)c(=O)n1CCc1ccccc1)CCCC3. The minimum absolute atomic E-state index is 0.116. The Labute approximate surface area is 179 Å². The van der Waals surface area contributed by atoms with Gasteiger partial charge < -0.3 is 0 Å². The number of thiophene rings is 1. The predicted octanol–water partition coefficient (Wildman–Crippen LogP) is 4.39. The molecule has 0 N–H and O–H groups in total. The van der Waals surface area contributed by atoms with Crippen LogP contribution in [0.3, 0.4) is 0 Å². The second-order valence-corrected chi connectivity index (χ2v) is 9.02. The van der Waals surface area contributed by atoms with Crippen molar-refractivity contribution in [2.24, 2.45) is 0 Å². The van der Waals surface area contributed by atoms with Crippen molar-refractivity contribution in [2.45, 2.75) is 45.2 Å². The van der Waals surface area contributed by atoms with Gasteiger partial charge in [-0.1, -0.05) is 60.7 Å². The van der Waals surface area contributed by atoms with Gasteiger partial charge in [0, 0.05) is 11.4 Å². The smallest absolute Gasteiger partial charge is 0.280 e. The zero-order valence-electron chi connectivity index (χ0n) is 16.8. The van der Waals surface area contributed by atoms with Crippen molar-refractivity contribution in [1.29, 1.82) is 0 Å². The van der Waals surface area contributed by atoms with Crippen LogP contribution < -0.4 is 11.2 Å². The molecular formula is C25H24N2O2S. The number of benzene rings is 2. The van der Waals surface area contributed by atoms with Crippen molar-refractivity contribution in [1.82, 2.24) is 9.13 Å². The number of hydrogen-bond donors (Lipinski definition) is 0. The lowest BCUT2D eigenvalue weighted by Gasteiger charge is -2.13. The largest absolute Gasteiger partial charge is 0.332 e. The molecule has 0 amide bonds. The molecule has 1 aliphatic rings. The lowest BCUT2D eigenvalue weighted by molar-refractivity contribution is 0.590. The molecule has 2 aromatic carbocycles. The summed E-state index contributed by atoms with van der Waals surface area (Å²) in [4.78, 5) is 29.1. The predicted molar refractivity (Wildman–Crippen MR) is 123 cm³/mol. The molecule has 0 atom stereocenters. The van der Waals surface area contributed by atoms with Crippen LogP contribution >= 0.6 is 11.3 Å². The van der Waals surface area contributed by atoms with Gasteiger partial charge in [0.1, 0.15) is 4.83 Å². The number of aromatic nitrogens is 2. The van der Waals surface area contributed by atoms with E-state index in [4.69, 9.17) is 0 Å². The third-order valence-corrected chi connectivity index (χ3v) is 7.28. The lowest BCUT2D eigenvalue weighted by Crippen LogP contribution is -2.40. The standard InChI is InChI=1S/C25H24N2O2S/c28-23-22-20-13-7-8-14-21(20)30-24(22)27(17-19-11-5-2-6-12-19)25(29)26(23)16-15-18-9-3-1-4-10-18/h1-6,9-12H,7-8,13-17H2. The number of nitrogens with zero attached hydrogens (tertiary/aromatic N) is 2. The zero-order valence-corrected chi connectivity index (χ0v) is 17.7. The van der Waals surface area contributed by atoms with Gasteiger partial charge >= 0.3 is 5.69 Å². The Bertz CT molecular complexity index is 1300. The van der Waals surface area contributed by atoms with E-state index in [1.165, 1.54) is 15.0 Å². The Hall–Kier alpha value is -2.92. The van der Waals surface area contributed by atoms with Crippen LogP contribution in [0, 0.1) is 0 Å². The summed E-state index contributed by atoms with van der Waals surface area (Å²) in [5.74, 6) is 0. The van der Waals surface area contributed by atoms with E-state index >= 15 is 0 Å². The molecule has 0 unspecified atom stereocenters. The summed E-state index contributed by atoms with van der Waals surface area (Å²) in [6.07, 6.45) is 4.88. The third-order valence-electron chi connectivity index (χ3n) is 5.97. The van der Waals surface area contributed by atoms with Gasteiger partial charge in [-0.2, -0.15) is 0 Å². The van der Waals surface area contributed by atoms with Crippen molar-refractivity contribution >= 4 is 21.6 Å². The Balaban J connectivity index is 1.67. The van der Waals surface area contributed by atoms with E-state index in [9.17, 15) is 9.59 Å². The first-order valence-corrected chi connectivity index (χ1v) is 11.4. The number of hydrogen-bond acceptors (Lipinski definition) is 3. The van der Waals surface area contributed by atoms with Crippen LogP contribution in [0.5, 0.6) is 0 Å². The molecule has 1 aliphatic carbocycles. The van der Waals surface area contributed by atoms with Gasteiger partial charge in [0.15, 0.2) is 0 Å². The van der Waals surface area contributed by atoms with Crippen LogP contribution in [0.4, 0.5) is 0 Å². The maximum absolute atomic E-state index is 13.5. The van der Waals surface area contributed by atoms with Crippen molar-refractivity contribution < 1.29 is 0 Å². The van der Waals surface area contributed by atoms with Crippen LogP contribution in [0.1, 0.15) is 34.4 Å². The van der Waals surface area contributed by atoms with E-state index < -0.39 is 0 Å². The number of rotatable bonds is 5. The molecule has 4 nitrogen and oxygen atoms in total. The average Bonchev–Trinajstić information content (AvgIpc) is 3.18. The average molecular weight is 417 g/mol. The van der Waals surface area contributed by atoms with Crippen LogP contribution in [0.15, 0.2) is 70.3 Å². The molecule has 2 aromatic heterocycles. The van der Waals surface area contributed by atoms with Crippen molar-refractivity contribution in [3.8, 4) is 0 Å². The molecule has 0 radical (unpaired) electrons. The molecule has 30 heavy (non-hydrogen) atoms. The van der Waals surface area contributed by atoms with Crippen molar-refractivity contribution in [2.75, 3.05) is 0 Å². The first-order valence-electron chi connectivity index (χ1n) is 10.6. The normalized spacial score (nSPS) is 13.5. The van der Waals surface area contributed by atoms with Crippen molar-refractivity contribution in [3.05, 3.63) is 103 Å². The van der Waals surface area contributed by atoms with E-state index in [0.29, 0.717) is 19.5 Å². The van der Waals surface area contributed by atoms with Gasteiger partial charge in [0.05, 0.1) is 11.9 Å². The highest BCUT2D eigenvalue weighted by Gasteiger charge is 2.23. The summed E-state index contributed by atoms with van der Waals surface area (Å²) < 4.78 is 3.28. The molecule has 4 aromatic rings. The van der Waals surface area contributed by atoms with E-state index in [1.54, 1.807) is 11.3 Å². The minimum Gasteiger partial charge on any atom is -0.280 e. The van der Waals surface area contributed by atoms with E-state index in [0.717, 1.165) is 47.0 Å². The number of fused-ring (bicyclic) bond motifs is 3. The molecule has 0 fully saturated rings. The number of aryl methyl sites for hydroxylation is 3. The van der Waals surface area contributed by atoms with Crippen LogP contribution in [-0.2, 0) is 32.4 Å². The van der Waals surface area contributed by atoms with Crippen LogP contribution in [0.2, 0.25) is 0 Å². The van der Waals surface area contributed by atoms with Gasteiger partial charge in [-0.25, -0.2) is 4.79 Å². The maximum Gasteiger partial charge on any atom is 0.332 e. The summed E-state index contributed by atoms with van der Waals surface area (Å²) in [7, 11) is 0. The van der Waals surface area contributed by atoms with E-state index in [1.807, 2.05) is 65.2 Å². The van der Waals surface area contributed by atoms with Gasteiger partial charge in [-0.3, -0.25) is 13.9 Å². The van der Waals surface area contributed by atoms with E-state index in [-0.39, 0.29) is 11.2 Å². The van der Waals surface area contributed by atoms with Gasteiger partial charge in [-0.15, -0.1) is 11.3 Å². The minimum atomic E-state index is -0.203. The Morgan fingerprint density at radius 2 is 1.47 bits per heavy atom. The summed E-state index contributed by atoms with van der Waals surface area (Å²) in [5.41, 5.74) is 3.06. The van der Waals surface area contributed by atoms with E-state index in [2.05, 4.69) is 0 Å². The maximum atomic E-state index is 13.5. The molecular weight excluding hydrogens is 392 g/mol. The molecule has 0 bridgehead atoms. The van der Waals surface area contributed by atoms with Crippen LogP contribution in [-0.4, -0.2) is 9.13 Å². The fraction of sp³-hybridized carbons (Fsp3) is 0.280. The van der Waals surface area contributed by atoms with Gasteiger partial charge in [-0.05, 0) is 48.8 Å². The molecule has 0 aliphatic heterocycles. The quantitative estimate of drug-likeness (QED) is 0.484. The molecule has 152 valence electrons. The highest BCUT2D eigenvalue weighted by molar-refractivity contribution is 7.18. The second-order valence-electron chi connectivity index (χ2n) is 7.94. The first-order chi connectivity index (χ1) is 14.7. The first kappa shape index (κ1) is 19.1.